The van der Waals surface area contributed by atoms with E-state index in [1.54, 1.807) is 13.0 Å². The number of nitrogens with zero attached hydrogens (tertiary/aromatic N) is 1. The van der Waals surface area contributed by atoms with Crippen LogP contribution in [-0.2, 0) is 0 Å². The van der Waals surface area contributed by atoms with Gasteiger partial charge in [0, 0.05) is 17.3 Å². The van der Waals surface area contributed by atoms with Gasteiger partial charge in [-0.05, 0) is 37.6 Å². The molecule has 0 aliphatic carbocycles. The second-order valence-corrected chi connectivity index (χ2v) is 5.89. The number of anilines is 1. The van der Waals surface area contributed by atoms with Crippen LogP contribution < -0.4 is 10.9 Å². The fourth-order valence-electron chi connectivity index (χ4n) is 2.07. The van der Waals surface area contributed by atoms with Gasteiger partial charge in [-0.25, -0.2) is 4.98 Å². The van der Waals surface area contributed by atoms with Crippen molar-refractivity contribution in [2.24, 2.45) is 0 Å². The Bertz CT molecular complexity index is 895. The fraction of sp³-hybridized carbons (Fsp3) is 0.133. The zero-order chi connectivity index (χ0) is 15.0. The van der Waals surface area contributed by atoms with Gasteiger partial charge in [0.15, 0.2) is 5.13 Å². The Kier molecular flexibility index (Phi) is 3.31. The molecule has 2 aromatic heterocycles. The molecule has 0 aliphatic rings. The second kappa shape index (κ2) is 5.14. The van der Waals surface area contributed by atoms with E-state index in [9.17, 15) is 9.59 Å². The first kappa shape index (κ1) is 13.5. The quantitative estimate of drug-likeness (QED) is 0.764. The van der Waals surface area contributed by atoms with Gasteiger partial charge in [0.1, 0.15) is 0 Å². The van der Waals surface area contributed by atoms with Crippen LogP contribution in [0.3, 0.4) is 0 Å². The molecular formula is C15H13N3O2S. The van der Waals surface area contributed by atoms with E-state index in [4.69, 9.17) is 0 Å². The number of aromatic nitrogens is 2. The van der Waals surface area contributed by atoms with Crippen LogP contribution in [-0.4, -0.2) is 15.9 Å². The zero-order valence-electron chi connectivity index (χ0n) is 11.6. The Morgan fingerprint density at radius 2 is 2.05 bits per heavy atom. The lowest BCUT2D eigenvalue weighted by Gasteiger charge is -2.01. The number of carbonyl (C=O) groups is 1. The van der Waals surface area contributed by atoms with Crippen LogP contribution in [0, 0.1) is 13.8 Å². The highest BCUT2D eigenvalue weighted by Crippen LogP contribution is 2.26. The average Bonchev–Trinajstić information content (AvgIpc) is 2.78. The number of aryl methyl sites for hydroxylation is 2. The highest BCUT2D eigenvalue weighted by Gasteiger charge is 2.11. The number of hydrogen-bond acceptors (Lipinski definition) is 4. The Morgan fingerprint density at radius 1 is 1.24 bits per heavy atom. The van der Waals surface area contributed by atoms with Crippen LogP contribution in [0.1, 0.15) is 21.6 Å². The fourth-order valence-corrected chi connectivity index (χ4v) is 3.03. The highest BCUT2D eigenvalue weighted by atomic mass is 32.1. The smallest absolute Gasteiger partial charge is 0.257 e. The van der Waals surface area contributed by atoms with Crippen LogP contribution >= 0.6 is 11.3 Å². The Hall–Kier alpha value is -2.47. The van der Waals surface area contributed by atoms with E-state index >= 15 is 0 Å². The maximum absolute atomic E-state index is 12.2. The SMILES string of the molecule is Cc1ccc2nc(NC(=O)c3cc(C)[nH]c(=O)c3)sc2c1. The number of rotatable bonds is 2. The standard InChI is InChI=1S/C15H13N3O2S/c1-8-3-4-11-12(5-8)21-15(17-11)18-14(20)10-6-9(2)16-13(19)7-10/h3-7H,1-2H3,(H,16,19)(H,17,18,20). The third-order valence-electron chi connectivity index (χ3n) is 3.01. The summed E-state index contributed by atoms with van der Waals surface area (Å²) in [4.78, 5) is 30.5. The number of fused-ring (bicyclic) bond motifs is 1. The molecule has 0 saturated carbocycles. The molecule has 6 heteroatoms. The van der Waals surface area contributed by atoms with E-state index in [1.807, 2.05) is 25.1 Å². The summed E-state index contributed by atoms with van der Waals surface area (Å²) in [7, 11) is 0. The number of aromatic amines is 1. The first-order valence-corrected chi connectivity index (χ1v) is 7.22. The van der Waals surface area contributed by atoms with Gasteiger partial charge in [0.05, 0.1) is 10.2 Å². The van der Waals surface area contributed by atoms with Crippen LogP contribution in [0.25, 0.3) is 10.2 Å². The van der Waals surface area contributed by atoms with E-state index < -0.39 is 0 Å². The average molecular weight is 299 g/mol. The Morgan fingerprint density at radius 3 is 2.81 bits per heavy atom. The lowest BCUT2D eigenvalue weighted by atomic mass is 10.2. The van der Waals surface area contributed by atoms with Crippen LogP contribution in [0.5, 0.6) is 0 Å². The van der Waals surface area contributed by atoms with Gasteiger partial charge in [0.2, 0.25) is 5.56 Å². The number of pyridine rings is 1. The van der Waals surface area contributed by atoms with Gasteiger partial charge in [-0.1, -0.05) is 17.4 Å². The molecule has 0 spiro atoms. The molecule has 3 rings (SSSR count). The van der Waals surface area contributed by atoms with Crippen molar-refractivity contribution in [3.8, 4) is 0 Å². The number of hydrogen-bond donors (Lipinski definition) is 2. The minimum absolute atomic E-state index is 0.292. The van der Waals surface area contributed by atoms with E-state index in [2.05, 4.69) is 15.3 Å². The summed E-state index contributed by atoms with van der Waals surface area (Å²) in [5.41, 5.74) is 2.68. The third kappa shape index (κ3) is 2.85. The van der Waals surface area contributed by atoms with Crippen molar-refractivity contribution in [2.45, 2.75) is 13.8 Å². The van der Waals surface area contributed by atoms with Crippen molar-refractivity contribution in [1.82, 2.24) is 9.97 Å². The first-order valence-electron chi connectivity index (χ1n) is 6.41. The van der Waals surface area contributed by atoms with Crippen molar-refractivity contribution in [3.63, 3.8) is 0 Å². The summed E-state index contributed by atoms with van der Waals surface area (Å²) in [6.45, 7) is 3.75. The minimum Gasteiger partial charge on any atom is -0.326 e. The molecule has 21 heavy (non-hydrogen) atoms. The summed E-state index contributed by atoms with van der Waals surface area (Å²) in [5, 5.41) is 3.26. The zero-order valence-corrected chi connectivity index (χ0v) is 12.4. The molecule has 0 atom stereocenters. The maximum atomic E-state index is 12.2. The van der Waals surface area contributed by atoms with Crippen molar-refractivity contribution in [3.05, 3.63) is 57.5 Å². The normalized spacial score (nSPS) is 10.8. The highest BCUT2D eigenvalue weighted by molar-refractivity contribution is 7.22. The van der Waals surface area contributed by atoms with Gasteiger partial charge in [-0.15, -0.1) is 0 Å². The molecule has 0 radical (unpaired) electrons. The summed E-state index contributed by atoms with van der Waals surface area (Å²) >= 11 is 1.41. The molecule has 0 bridgehead atoms. The minimum atomic E-state index is -0.333. The lowest BCUT2D eigenvalue weighted by Crippen LogP contribution is -2.16. The number of carbonyl (C=O) groups excluding carboxylic acids is 1. The number of benzene rings is 1. The van der Waals surface area contributed by atoms with E-state index in [0.29, 0.717) is 16.4 Å². The van der Waals surface area contributed by atoms with Crippen molar-refractivity contribution < 1.29 is 4.79 Å². The molecular weight excluding hydrogens is 286 g/mol. The monoisotopic (exact) mass is 299 g/mol. The molecule has 0 saturated heterocycles. The topological polar surface area (TPSA) is 74.8 Å². The second-order valence-electron chi connectivity index (χ2n) is 4.86. The molecule has 3 aromatic rings. The predicted octanol–water partition coefficient (Wildman–Crippen LogP) is 2.85. The van der Waals surface area contributed by atoms with Gasteiger partial charge in [0.25, 0.3) is 5.91 Å². The molecule has 106 valence electrons. The van der Waals surface area contributed by atoms with E-state index in [0.717, 1.165) is 15.8 Å². The molecule has 5 nitrogen and oxygen atoms in total. The van der Waals surface area contributed by atoms with Crippen molar-refractivity contribution in [2.75, 3.05) is 5.32 Å². The number of amides is 1. The molecule has 1 amide bonds. The molecule has 1 aromatic carbocycles. The molecule has 0 unspecified atom stereocenters. The van der Waals surface area contributed by atoms with Crippen molar-refractivity contribution in [1.29, 1.82) is 0 Å². The number of H-pyrrole nitrogens is 1. The maximum Gasteiger partial charge on any atom is 0.257 e. The first-order chi connectivity index (χ1) is 10.0. The van der Waals surface area contributed by atoms with E-state index in [1.165, 1.54) is 17.4 Å². The summed E-state index contributed by atoms with van der Waals surface area (Å²) in [5.74, 6) is -0.333. The summed E-state index contributed by atoms with van der Waals surface area (Å²) in [6, 6.07) is 8.84. The third-order valence-corrected chi connectivity index (χ3v) is 3.94. The summed E-state index contributed by atoms with van der Waals surface area (Å²) in [6.07, 6.45) is 0. The number of nitrogens with one attached hydrogen (secondary N) is 2. The lowest BCUT2D eigenvalue weighted by molar-refractivity contribution is 0.102. The van der Waals surface area contributed by atoms with Crippen LogP contribution in [0.15, 0.2) is 35.1 Å². The summed E-state index contributed by atoms with van der Waals surface area (Å²) < 4.78 is 1.02. The van der Waals surface area contributed by atoms with Gasteiger partial charge < -0.3 is 4.98 Å². The molecule has 2 heterocycles. The van der Waals surface area contributed by atoms with Gasteiger partial charge >= 0.3 is 0 Å². The van der Waals surface area contributed by atoms with Gasteiger partial charge in [-0.3, -0.25) is 14.9 Å². The van der Waals surface area contributed by atoms with E-state index in [-0.39, 0.29) is 11.5 Å². The number of thiazole rings is 1. The van der Waals surface area contributed by atoms with Crippen LogP contribution in [0.2, 0.25) is 0 Å². The Balaban J connectivity index is 1.90. The van der Waals surface area contributed by atoms with Crippen LogP contribution in [0.4, 0.5) is 5.13 Å². The van der Waals surface area contributed by atoms with Gasteiger partial charge in [-0.2, -0.15) is 0 Å². The van der Waals surface area contributed by atoms with Crippen molar-refractivity contribution >= 4 is 32.6 Å². The predicted molar refractivity (Wildman–Crippen MR) is 84.1 cm³/mol. The Labute approximate surface area is 124 Å². The molecule has 0 fully saturated rings. The molecule has 2 N–H and O–H groups in total. The largest absolute Gasteiger partial charge is 0.326 e. The molecule has 0 aliphatic heterocycles.